The second-order valence-corrected chi connectivity index (χ2v) is 5.67. The van der Waals surface area contributed by atoms with Crippen LogP contribution in [0.3, 0.4) is 0 Å². The fourth-order valence-electron chi connectivity index (χ4n) is 2.54. The van der Waals surface area contributed by atoms with Gasteiger partial charge in [0, 0.05) is 13.1 Å². The molecular weight excluding hydrogens is 421 g/mol. The van der Waals surface area contributed by atoms with Crippen LogP contribution in [0.25, 0.3) is 0 Å². The van der Waals surface area contributed by atoms with Crippen molar-refractivity contribution < 1.29 is 44.3 Å². The van der Waals surface area contributed by atoms with E-state index in [0.29, 0.717) is 0 Å². The largest absolute Gasteiger partial charge is 0.378 e. The van der Waals surface area contributed by atoms with Crippen LogP contribution in [0.1, 0.15) is 0 Å². The zero-order valence-electron chi connectivity index (χ0n) is 14.0. The summed E-state index contributed by atoms with van der Waals surface area (Å²) < 4.78 is 128. The Labute approximate surface area is 156 Å². The lowest BCUT2D eigenvalue weighted by Gasteiger charge is -2.29. The third kappa shape index (κ3) is 3.50. The molecule has 2 aromatic rings. The molecule has 0 spiro atoms. The Kier molecular flexibility index (Phi) is 5.68. The Morgan fingerprint density at radius 2 is 0.897 bits per heavy atom. The third-order valence-electron chi connectivity index (χ3n) is 3.98. The number of anilines is 1. The molecule has 2 aromatic carbocycles. The van der Waals surface area contributed by atoms with E-state index in [1.807, 2.05) is 0 Å². The summed E-state index contributed by atoms with van der Waals surface area (Å²) in [5.41, 5.74) is -4.52. The SMILES string of the molecule is Fc1c(F)c(F)c(N=Nc2c(F)c(F)c(F)c(N3CCOCC3)c2F)c(F)c1F. The van der Waals surface area contributed by atoms with Gasteiger partial charge in [-0.05, 0) is 0 Å². The van der Waals surface area contributed by atoms with Gasteiger partial charge in [0.1, 0.15) is 5.69 Å². The summed E-state index contributed by atoms with van der Waals surface area (Å²) in [7, 11) is 0. The van der Waals surface area contributed by atoms with Crippen LogP contribution in [0.2, 0.25) is 0 Å². The number of benzene rings is 2. The molecule has 13 heteroatoms. The van der Waals surface area contributed by atoms with Crippen LogP contribution < -0.4 is 4.90 Å². The van der Waals surface area contributed by atoms with E-state index in [1.165, 1.54) is 0 Å². The average molecular weight is 429 g/mol. The molecule has 1 aliphatic rings. The van der Waals surface area contributed by atoms with Crippen molar-refractivity contribution in [2.24, 2.45) is 10.2 Å². The number of azo groups is 1. The Bertz CT molecular complexity index is 977. The molecule has 0 aliphatic carbocycles. The van der Waals surface area contributed by atoms with E-state index in [1.54, 1.807) is 0 Å². The van der Waals surface area contributed by atoms with Gasteiger partial charge < -0.3 is 9.64 Å². The molecule has 29 heavy (non-hydrogen) atoms. The highest BCUT2D eigenvalue weighted by Gasteiger charge is 2.31. The van der Waals surface area contributed by atoms with Crippen LogP contribution in [-0.4, -0.2) is 26.3 Å². The smallest absolute Gasteiger partial charge is 0.200 e. The number of hydrogen-bond acceptors (Lipinski definition) is 4. The minimum atomic E-state index is -2.49. The zero-order valence-corrected chi connectivity index (χ0v) is 14.0. The molecule has 156 valence electrons. The van der Waals surface area contributed by atoms with Crippen LogP contribution in [0, 0.1) is 52.4 Å². The Hall–Kier alpha value is -2.83. The first-order chi connectivity index (χ1) is 13.7. The molecule has 4 nitrogen and oxygen atoms in total. The van der Waals surface area contributed by atoms with Gasteiger partial charge in [0.15, 0.2) is 57.9 Å². The van der Waals surface area contributed by atoms with Crippen LogP contribution in [0.15, 0.2) is 10.2 Å². The van der Waals surface area contributed by atoms with Gasteiger partial charge in [-0.25, -0.2) is 39.5 Å². The summed E-state index contributed by atoms with van der Waals surface area (Å²) in [5.74, 6) is -20.1. The first-order valence-electron chi connectivity index (χ1n) is 7.78. The summed E-state index contributed by atoms with van der Waals surface area (Å²) in [6.45, 7) is -0.182. The van der Waals surface area contributed by atoms with Gasteiger partial charge in [0.2, 0.25) is 5.82 Å². The second-order valence-electron chi connectivity index (χ2n) is 5.67. The van der Waals surface area contributed by atoms with Crippen molar-refractivity contribution in [1.29, 1.82) is 0 Å². The number of hydrogen-bond donors (Lipinski definition) is 0. The summed E-state index contributed by atoms with van der Waals surface area (Å²) in [4.78, 5) is 0.966. The third-order valence-corrected chi connectivity index (χ3v) is 3.98. The number of rotatable bonds is 3. The van der Waals surface area contributed by atoms with E-state index in [4.69, 9.17) is 4.74 Å². The summed E-state index contributed by atoms with van der Waals surface area (Å²) >= 11 is 0. The molecule has 1 fully saturated rings. The monoisotopic (exact) mass is 429 g/mol. The van der Waals surface area contributed by atoms with Crippen molar-refractivity contribution in [3.63, 3.8) is 0 Å². The maximum Gasteiger partial charge on any atom is 0.200 e. The molecule has 1 heterocycles. The topological polar surface area (TPSA) is 37.2 Å². The van der Waals surface area contributed by atoms with Gasteiger partial charge in [-0.2, -0.15) is 0 Å². The maximum absolute atomic E-state index is 14.6. The number of morpholine rings is 1. The minimum Gasteiger partial charge on any atom is -0.378 e. The van der Waals surface area contributed by atoms with Crippen LogP contribution in [-0.2, 0) is 4.74 Å². The van der Waals surface area contributed by atoms with Crippen molar-refractivity contribution in [2.45, 2.75) is 0 Å². The van der Waals surface area contributed by atoms with E-state index < -0.39 is 69.4 Å². The molecule has 0 amide bonds. The molecule has 0 N–H and O–H groups in total. The second kappa shape index (κ2) is 7.89. The van der Waals surface area contributed by atoms with Gasteiger partial charge in [-0.1, -0.05) is 0 Å². The van der Waals surface area contributed by atoms with Crippen molar-refractivity contribution in [1.82, 2.24) is 0 Å². The normalized spacial score (nSPS) is 14.9. The first-order valence-corrected chi connectivity index (χ1v) is 7.78. The van der Waals surface area contributed by atoms with E-state index >= 15 is 0 Å². The van der Waals surface area contributed by atoms with E-state index in [9.17, 15) is 39.5 Å². The van der Waals surface area contributed by atoms with Crippen LogP contribution in [0.5, 0.6) is 0 Å². The Morgan fingerprint density at radius 1 is 0.517 bits per heavy atom. The standard InChI is InChI=1S/C16H8F9N3O/c17-5-6(18)9(21)14(10(22)7(5)19)26-27-15-11(23)8(20)12(24)16(13(15)25)28-1-3-29-4-2-28/h1-4H2. The molecule has 3 rings (SSSR count). The quantitative estimate of drug-likeness (QED) is 0.292. The molecule has 0 aromatic heterocycles. The lowest BCUT2D eigenvalue weighted by atomic mass is 10.2. The highest BCUT2D eigenvalue weighted by molar-refractivity contribution is 5.60. The van der Waals surface area contributed by atoms with Gasteiger partial charge in [-0.3, -0.25) is 0 Å². The molecule has 1 saturated heterocycles. The molecule has 1 aliphatic heterocycles. The fourth-order valence-corrected chi connectivity index (χ4v) is 2.54. The number of halogens is 9. The van der Waals surface area contributed by atoms with Gasteiger partial charge in [-0.15, -0.1) is 10.2 Å². The average Bonchev–Trinajstić information content (AvgIpc) is 2.72. The van der Waals surface area contributed by atoms with Crippen molar-refractivity contribution in [2.75, 3.05) is 31.2 Å². The lowest BCUT2D eigenvalue weighted by molar-refractivity contribution is 0.122. The van der Waals surface area contributed by atoms with Crippen molar-refractivity contribution >= 4 is 17.1 Å². The number of nitrogens with zero attached hydrogens (tertiary/aromatic N) is 3. The zero-order chi connectivity index (χ0) is 21.5. The van der Waals surface area contributed by atoms with E-state index in [2.05, 4.69) is 10.2 Å². The van der Waals surface area contributed by atoms with Gasteiger partial charge >= 0.3 is 0 Å². The molecular formula is C16H8F9N3O. The van der Waals surface area contributed by atoms with Gasteiger partial charge in [0.25, 0.3) is 0 Å². The molecule has 0 saturated carbocycles. The van der Waals surface area contributed by atoms with Crippen molar-refractivity contribution in [3.05, 3.63) is 52.4 Å². The summed E-state index contributed by atoms with van der Waals surface area (Å²) in [6.07, 6.45) is 0. The van der Waals surface area contributed by atoms with E-state index in [0.717, 1.165) is 4.90 Å². The van der Waals surface area contributed by atoms with E-state index in [-0.39, 0.29) is 26.3 Å². The minimum absolute atomic E-state index is 0.0132. The Balaban J connectivity index is 2.14. The summed E-state index contributed by atoms with van der Waals surface area (Å²) in [5, 5.41) is 5.37. The lowest BCUT2D eigenvalue weighted by Crippen LogP contribution is -2.37. The van der Waals surface area contributed by atoms with Gasteiger partial charge in [0.05, 0.1) is 13.2 Å². The Morgan fingerprint density at radius 3 is 1.38 bits per heavy atom. The fraction of sp³-hybridized carbons (Fsp3) is 0.250. The van der Waals surface area contributed by atoms with Crippen molar-refractivity contribution in [3.8, 4) is 0 Å². The molecule has 0 atom stereocenters. The predicted molar refractivity (Wildman–Crippen MR) is 79.7 cm³/mol. The number of ether oxygens (including phenoxy) is 1. The first kappa shape index (κ1) is 20.9. The van der Waals surface area contributed by atoms with Crippen LogP contribution in [0.4, 0.5) is 56.6 Å². The highest BCUT2D eigenvalue weighted by Crippen LogP contribution is 2.38. The maximum atomic E-state index is 14.6. The van der Waals surface area contributed by atoms with Crippen LogP contribution >= 0.6 is 0 Å². The molecule has 0 radical (unpaired) electrons. The highest BCUT2D eigenvalue weighted by atomic mass is 19.2. The molecule has 0 bridgehead atoms. The molecule has 0 unspecified atom stereocenters. The summed E-state index contributed by atoms with van der Waals surface area (Å²) in [6, 6.07) is 0. The predicted octanol–water partition coefficient (Wildman–Crippen LogP) is 5.19.